The van der Waals surface area contributed by atoms with Crippen molar-refractivity contribution in [1.82, 2.24) is 4.90 Å². The van der Waals surface area contributed by atoms with E-state index in [4.69, 9.17) is 23.7 Å². The maximum atomic E-state index is 12.9. The lowest BCUT2D eigenvalue weighted by atomic mass is 9.76. The summed E-state index contributed by atoms with van der Waals surface area (Å²) in [6.45, 7) is 5.09. The third-order valence-electron chi connectivity index (χ3n) is 8.00. The molecule has 0 bridgehead atoms. The van der Waals surface area contributed by atoms with Crippen LogP contribution in [0.4, 0.5) is 0 Å². The number of aromatic hydroxyl groups is 1. The van der Waals surface area contributed by atoms with E-state index in [1.165, 1.54) is 33.5 Å². The Morgan fingerprint density at radius 3 is 2.49 bits per heavy atom. The number of methoxy groups -OCH3 is 2. The number of phenols is 1. The molecule has 0 radical (unpaired) electrons. The van der Waals surface area contributed by atoms with E-state index in [9.17, 15) is 35.1 Å². The monoisotopic (exact) mass is 579 g/mol. The summed E-state index contributed by atoms with van der Waals surface area (Å²) in [6.07, 6.45) is -5.41. The minimum absolute atomic E-state index is 0.0283. The number of aliphatic hydroxyl groups excluding tert-OH is 4. The quantitative estimate of drug-likeness (QED) is 0.204. The summed E-state index contributed by atoms with van der Waals surface area (Å²) >= 11 is 0. The van der Waals surface area contributed by atoms with Crippen molar-refractivity contribution < 1.29 is 58.8 Å². The Bertz CT molecular complexity index is 1170. The van der Waals surface area contributed by atoms with Crippen LogP contribution in [0, 0.1) is 11.8 Å². The molecule has 13 heteroatoms. The predicted octanol–water partition coefficient (Wildman–Crippen LogP) is -0.115. The molecule has 0 aliphatic carbocycles. The first-order valence-corrected chi connectivity index (χ1v) is 13.3. The summed E-state index contributed by atoms with van der Waals surface area (Å²) in [5.41, 5.74) is 1.73. The van der Waals surface area contributed by atoms with Gasteiger partial charge in [0, 0.05) is 25.3 Å². The Morgan fingerprint density at radius 2 is 1.88 bits per heavy atom. The molecule has 1 amide bonds. The molecular formula is C28H37NO12. The molecule has 0 spiro atoms. The smallest absolute Gasteiger partial charge is 0.337 e. The molecule has 1 aromatic carbocycles. The van der Waals surface area contributed by atoms with Crippen LogP contribution >= 0.6 is 0 Å². The second-order valence-electron chi connectivity index (χ2n) is 10.3. The van der Waals surface area contributed by atoms with Gasteiger partial charge in [-0.1, -0.05) is 6.08 Å². The third-order valence-corrected chi connectivity index (χ3v) is 8.00. The van der Waals surface area contributed by atoms with Crippen LogP contribution in [0.5, 0.6) is 11.5 Å². The fourth-order valence-electron chi connectivity index (χ4n) is 5.78. The highest BCUT2D eigenvalue weighted by atomic mass is 16.8. The third kappa shape index (κ3) is 5.92. The SMILES string of the molecule is C=CC1C(OC2OC(CO)C(O)C(O)C2O)OC=C(C(=O)OC)C1CC1c2cc(OC)c(O)cc2CCN1C(C)=O. The van der Waals surface area contributed by atoms with E-state index in [1.807, 2.05) is 0 Å². The van der Waals surface area contributed by atoms with Crippen molar-refractivity contribution in [3.05, 3.63) is 47.7 Å². The maximum absolute atomic E-state index is 12.9. The standard InChI is InChI=1S/C28H37NO12/c1-5-15-17(9-19-16-10-21(37-3)20(32)8-14(16)6-7-29(19)13(2)31)18(26(36)38-4)12-39-27(15)41-28-25(35)24(34)23(33)22(11-30)40-28/h5,8,10,12,15,17,19,22-25,27-28,30,32-35H,1,6-7,9,11H2,2-4H3. The van der Waals surface area contributed by atoms with Crippen molar-refractivity contribution in [3.63, 3.8) is 0 Å². The van der Waals surface area contributed by atoms with Gasteiger partial charge in [0.15, 0.2) is 17.8 Å². The molecule has 1 aromatic rings. The first-order chi connectivity index (χ1) is 19.6. The number of benzene rings is 1. The first kappa shape index (κ1) is 30.8. The van der Waals surface area contributed by atoms with Gasteiger partial charge in [-0.15, -0.1) is 6.58 Å². The highest BCUT2D eigenvalue weighted by Gasteiger charge is 2.48. The molecule has 4 rings (SSSR count). The number of carbonyl (C=O) groups is 2. The Hall–Kier alpha value is -3.20. The highest BCUT2D eigenvalue weighted by Crippen LogP contribution is 2.45. The van der Waals surface area contributed by atoms with E-state index in [2.05, 4.69) is 6.58 Å². The van der Waals surface area contributed by atoms with Gasteiger partial charge in [0.05, 0.1) is 38.7 Å². The van der Waals surface area contributed by atoms with E-state index >= 15 is 0 Å². The summed E-state index contributed by atoms with van der Waals surface area (Å²) in [4.78, 5) is 27.3. The van der Waals surface area contributed by atoms with E-state index in [1.54, 1.807) is 17.0 Å². The van der Waals surface area contributed by atoms with Crippen molar-refractivity contribution >= 4 is 11.9 Å². The van der Waals surface area contributed by atoms with E-state index in [0.29, 0.717) is 13.0 Å². The minimum Gasteiger partial charge on any atom is -0.504 e. The zero-order valence-electron chi connectivity index (χ0n) is 23.1. The summed E-state index contributed by atoms with van der Waals surface area (Å²) in [5, 5.41) is 50.7. The molecule has 9 unspecified atom stereocenters. The van der Waals surface area contributed by atoms with Crippen LogP contribution in [0.3, 0.4) is 0 Å². The van der Waals surface area contributed by atoms with Gasteiger partial charge in [-0.2, -0.15) is 0 Å². The number of nitrogens with zero attached hydrogens (tertiary/aromatic N) is 1. The second-order valence-corrected chi connectivity index (χ2v) is 10.3. The Kier molecular flexibility index (Phi) is 9.57. The van der Waals surface area contributed by atoms with E-state index < -0.39 is 67.4 Å². The summed E-state index contributed by atoms with van der Waals surface area (Å²) in [7, 11) is 2.65. The van der Waals surface area contributed by atoms with Crippen molar-refractivity contribution in [1.29, 1.82) is 0 Å². The summed E-state index contributed by atoms with van der Waals surface area (Å²) < 4.78 is 27.4. The molecule has 1 saturated heterocycles. The largest absolute Gasteiger partial charge is 0.504 e. The zero-order chi connectivity index (χ0) is 30.0. The van der Waals surface area contributed by atoms with Gasteiger partial charge < -0.3 is 54.1 Å². The molecule has 9 atom stereocenters. The lowest BCUT2D eigenvalue weighted by molar-refractivity contribution is -0.339. The topological polar surface area (TPSA) is 185 Å². The Morgan fingerprint density at radius 1 is 1.15 bits per heavy atom. The van der Waals surface area contributed by atoms with Crippen LogP contribution in [-0.4, -0.2) is 107 Å². The van der Waals surface area contributed by atoms with Gasteiger partial charge in [0.25, 0.3) is 0 Å². The minimum atomic E-state index is -1.68. The van der Waals surface area contributed by atoms with E-state index in [-0.39, 0.29) is 29.4 Å². The molecular weight excluding hydrogens is 542 g/mol. The molecule has 5 N–H and O–H groups in total. The number of rotatable bonds is 8. The zero-order valence-corrected chi connectivity index (χ0v) is 23.1. The molecule has 13 nitrogen and oxygen atoms in total. The van der Waals surface area contributed by atoms with Gasteiger partial charge in [-0.3, -0.25) is 4.79 Å². The average molecular weight is 580 g/mol. The summed E-state index contributed by atoms with van der Waals surface area (Å²) in [5.74, 6) is -2.08. The molecule has 226 valence electrons. The normalized spacial score (nSPS) is 33.2. The molecule has 0 aromatic heterocycles. The van der Waals surface area contributed by atoms with Crippen LogP contribution in [0.15, 0.2) is 36.6 Å². The summed E-state index contributed by atoms with van der Waals surface area (Å²) in [6, 6.07) is 2.74. The van der Waals surface area contributed by atoms with Crippen LogP contribution in [-0.2, 0) is 35.0 Å². The van der Waals surface area contributed by atoms with Crippen LogP contribution in [0.25, 0.3) is 0 Å². The number of hydrogen-bond acceptors (Lipinski definition) is 12. The lowest BCUT2D eigenvalue weighted by Gasteiger charge is -2.44. The number of amides is 1. The second kappa shape index (κ2) is 12.8. The van der Waals surface area contributed by atoms with Gasteiger partial charge in [0.1, 0.15) is 24.4 Å². The predicted molar refractivity (Wildman–Crippen MR) is 140 cm³/mol. The maximum Gasteiger partial charge on any atom is 0.337 e. The van der Waals surface area contributed by atoms with Gasteiger partial charge >= 0.3 is 5.97 Å². The molecule has 3 heterocycles. The fraction of sp³-hybridized carbons (Fsp3) is 0.571. The number of carbonyl (C=O) groups excluding carboxylic acids is 2. The number of fused-ring (bicyclic) bond motifs is 1. The lowest BCUT2D eigenvalue weighted by Crippen LogP contribution is -2.60. The number of ether oxygens (including phenoxy) is 5. The van der Waals surface area contributed by atoms with Gasteiger partial charge in [-0.25, -0.2) is 4.79 Å². The molecule has 3 aliphatic rings. The number of phenolic OH excluding ortho intramolecular Hbond substituents is 1. The van der Waals surface area contributed by atoms with Crippen molar-refractivity contribution in [2.75, 3.05) is 27.4 Å². The highest BCUT2D eigenvalue weighted by molar-refractivity contribution is 5.89. The Balaban J connectivity index is 1.70. The van der Waals surface area contributed by atoms with Crippen LogP contribution in [0.1, 0.15) is 30.5 Å². The molecule has 1 fully saturated rings. The average Bonchev–Trinajstić information content (AvgIpc) is 2.96. The van der Waals surface area contributed by atoms with Crippen LogP contribution in [0.2, 0.25) is 0 Å². The number of esters is 1. The van der Waals surface area contributed by atoms with Crippen LogP contribution < -0.4 is 4.74 Å². The van der Waals surface area contributed by atoms with Crippen molar-refractivity contribution in [2.24, 2.45) is 11.8 Å². The number of hydrogen-bond donors (Lipinski definition) is 5. The Labute approximate surface area is 237 Å². The van der Waals surface area contributed by atoms with E-state index in [0.717, 1.165) is 11.1 Å². The van der Waals surface area contributed by atoms with Crippen molar-refractivity contribution in [2.45, 2.75) is 62.8 Å². The van der Waals surface area contributed by atoms with Gasteiger partial charge in [-0.05, 0) is 36.1 Å². The van der Waals surface area contributed by atoms with Crippen molar-refractivity contribution in [3.8, 4) is 11.5 Å². The first-order valence-electron chi connectivity index (χ1n) is 13.3. The molecule has 0 saturated carbocycles. The number of aliphatic hydroxyl groups is 4. The molecule has 41 heavy (non-hydrogen) atoms. The van der Waals surface area contributed by atoms with Gasteiger partial charge in [0.2, 0.25) is 12.2 Å². The molecule has 3 aliphatic heterocycles. The fourth-order valence-corrected chi connectivity index (χ4v) is 5.78.